The van der Waals surface area contributed by atoms with Gasteiger partial charge in [-0.05, 0) is 101 Å². The van der Waals surface area contributed by atoms with E-state index in [2.05, 4.69) is 31.9 Å². The van der Waals surface area contributed by atoms with Crippen molar-refractivity contribution >= 4 is 41.4 Å². The zero-order chi connectivity index (χ0) is 40.9. The van der Waals surface area contributed by atoms with E-state index in [0.29, 0.717) is 44.3 Å². The molecule has 1 fully saturated rings. The molecule has 2 rings (SSSR count). The molecule has 0 bridgehead atoms. The SMILES string of the molecule is CC(C)C[C@H](NC(=O)[C@H](Cc1ccc(O)cc1)NC(=O)[C@@H]1CCCNC(=O)CC[C@H](N)C(=O)N[C@@H](CCCCN)C(=O)N[C@@H](CCCCN)C(=O)N1)C(=O)O. The highest BCUT2D eigenvalue weighted by atomic mass is 16.4. The number of phenols is 1. The fraction of sp³-hybridized carbons (Fsp3) is 0.649. The highest BCUT2D eigenvalue weighted by Crippen LogP contribution is 2.14. The molecule has 6 amide bonds. The quantitative estimate of drug-likeness (QED) is 0.0829. The lowest BCUT2D eigenvalue weighted by molar-refractivity contribution is -0.142. The highest BCUT2D eigenvalue weighted by molar-refractivity contribution is 5.96. The number of aliphatic carboxylic acids is 1. The van der Waals surface area contributed by atoms with Gasteiger partial charge in [0.05, 0.1) is 6.04 Å². The van der Waals surface area contributed by atoms with Crippen molar-refractivity contribution in [3.8, 4) is 5.75 Å². The molecule has 308 valence electrons. The van der Waals surface area contributed by atoms with Gasteiger partial charge in [0.25, 0.3) is 0 Å². The molecule has 0 aromatic heterocycles. The smallest absolute Gasteiger partial charge is 0.326 e. The minimum absolute atomic E-state index is 0.00123. The fourth-order valence-electron chi connectivity index (χ4n) is 5.97. The topological polar surface area (TPSA) is 310 Å². The number of phenolic OH excluding ortho intramolecular Hbond substituents is 1. The normalized spacial score (nSPS) is 21.6. The van der Waals surface area contributed by atoms with Gasteiger partial charge in [-0.2, -0.15) is 0 Å². The van der Waals surface area contributed by atoms with Crippen molar-refractivity contribution in [2.24, 2.45) is 23.1 Å². The summed E-state index contributed by atoms with van der Waals surface area (Å²) in [6, 6.07) is -1.16. The van der Waals surface area contributed by atoms with Crippen LogP contribution in [0.25, 0.3) is 0 Å². The summed E-state index contributed by atoms with van der Waals surface area (Å²) in [4.78, 5) is 92.8. The molecule has 18 nitrogen and oxygen atoms in total. The Balaban J connectivity index is 2.46. The van der Waals surface area contributed by atoms with Gasteiger partial charge < -0.3 is 59.3 Å². The zero-order valence-corrected chi connectivity index (χ0v) is 31.9. The second-order valence-electron chi connectivity index (χ2n) is 14.4. The minimum atomic E-state index is -1.30. The number of benzene rings is 1. The van der Waals surface area contributed by atoms with Crippen molar-refractivity contribution in [1.82, 2.24) is 31.9 Å². The van der Waals surface area contributed by atoms with Gasteiger partial charge in [-0.15, -0.1) is 0 Å². The molecule has 1 aliphatic heterocycles. The molecule has 14 N–H and O–H groups in total. The predicted molar refractivity (Wildman–Crippen MR) is 204 cm³/mol. The number of aromatic hydroxyl groups is 1. The lowest BCUT2D eigenvalue weighted by Crippen LogP contribution is -2.59. The van der Waals surface area contributed by atoms with Crippen LogP contribution in [0.2, 0.25) is 0 Å². The molecule has 1 aromatic rings. The highest BCUT2D eigenvalue weighted by Gasteiger charge is 2.33. The number of rotatable bonds is 17. The second-order valence-corrected chi connectivity index (χ2v) is 14.4. The molecular formula is C37H61N9O9. The lowest BCUT2D eigenvalue weighted by atomic mass is 10.0. The first-order chi connectivity index (χ1) is 26.1. The maximum atomic E-state index is 14.0. The molecule has 0 radical (unpaired) electrons. The molecule has 18 heteroatoms. The molecule has 1 saturated heterocycles. The van der Waals surface area contributed by atoms with E-state index in [1.165, 1.54) is 12.1 Å². The summed E-state index contributed by atoms with van der Waals surface area (Å²) >= 11 is 0. The Hall–Kier alpha value is -4.81. The summed E-state index contributed by atoms with van der Waals surface area (Å²) in [6.45, 7) is 4.41. The summed E-state index contributed by atoms with van der Waals surface area (Å²) in [5.74, 6) is -5.25. The summed E-state index contributed by atoms with van der Waals surface area (Å²) in [5, 5.41) is 35.6. The number of carbonyl (C=O) groups excluding carboxylic acids is 6. The van der Waals surface area contributed by atoms with E-state index in [4.69, 9.17) is 17.2 Å². The van der Waals surface area contributed by atoms with Crippen molar-refractivity contribution in [1.29, 1.82) is 0 Å². The Morgan fingerprint density at radius 2 is 1.40 bits per heavy atom. The first-order valence-corrected chi connectivity index (χ1v) is 19.1. The van der Waals surface area contributed by atoms with Crippen LogP contribution < -0.4 is 49.1 Å². The van der Waals surface area contributed by atoms with Gasteiger partial charge in [0.2, 0.25) is 35.4 Å². The summed E-state index contributed by atoms with van der Waals surface area (Å²) in [5.41, 5.74) is 17.9. The van der Waals surface area contributed by atoms with Crippen LogP contribution in [-0.2, 0) is 40.0 Å². The molecule has 0 saturated carbocycles. The van der Waals surface area contributed by atoms with Crippen molar-refractivity contribution in [3.63, 3.8) is 0 Å². The van der Waals surface area contributed by atoms with Gasteiger partial charge in [0.15, 0.2) is 0 Å². The Bertz CT molecular complexity index is 1430. The van der Waals surface area contributed by atoms with Crippen LogP contribution in [0.1, 0.15) is 90.0 Å². The summed E-state index contributed by atoms with van der Waals surface area (Å²) in [7, 11) is 0. The fourth-order valence-corrected chi connectivity index (χ4v) is 5.97. The molecule has 0 unspecified atom stereocenters. The van der Waals surface area contributed by atoms with Gasteiger partial charge in [-0.25, -0.2) is 4.79 Å². The van der Waals surface area contributed by atoms with Crippen LogP contribution in [0.15, 0.2) is 24.3 Å². The number of carboxylic acids is 1. The molecule has 0 aliphatic carbocycles. The lowest BCUT2D eigenvalue weighted by Gasteiger charge is -2.27. The number of carbonyl (C=O) groups is 7. The van der Waals surface area contributed by atoms with Crippen LogP contribution >= 0.6 is 0 Å². The van der Waals surface area contributed by atoms with Crippen molar-refractivity contribution in [2.75, 3.05) is 19.6 Å². The maximum Gasteiger partial charge on any atom is 0.326 e. The first kappa shape index (κ1) is 46.3. The third-order valence-corrected chi connectivity index (χ3v) is 9.13. The van der Waals surface area contributed by atoms with E-state index in [9.17, 15) is 43.8 Å². The Morgan fingerprint density at radius 1 is 0.818 bits per heavy atom. The molecule has 1 heterocycles. The molecular weight excluding hydrogens is 714 g/mol. The van der Waals surface area contributed by atoms with Crippen LogP contribution in [0.5, 0.6) is 5.75 Å². The number of hydrogen-bond acceptors (Lipinski definition) is 11. The number of nitrogens with two attached hydrogens (primary N) is 3. The summed E-state index contributed by atoms with van der Waals surface area (Å²) < 4.78 is 0. The number of unbranched alkanes of at least 4 members (excludes halogenated alkanes) is 2. The molecule has 1 aliphatic rings. The van der Waals surface area contributed by atoms with Crippen LogP contribution in [-0.4, -0.2) is 108 Å². The van der Waals surface area contributed by atoms with Crippen molar-refractivity contribution in [2.45, 2.75) is 127 Å². The van der Waals surface area contributed by atoms with Crippen molar-refractivity contribution in [3.05, 3.63) is 29.8 Å². The Morgan fingerprint density at radius 3 is 1.96 bits per heavy atom. The van der Waals surface area contributed by atoms with E-state index in [1.54, 1.807) is 26.0 Å². The van der Waals surface area contributed by atoms with Crippen molar-refractivity contribution < 1.29 is 43.8 Å². The number of amides is 6. The molecule has 0 spiro atoms. The number of carboxylic acid groups (broad SMARTS) is 1. The van der Waals surface area contributed by atoms with Gasteiger partial charge >= 0.3 is 5.97 Å². The predicted octanol–water partition coefficient (Wildman–Crippen LogP) is -1.24. The van der Waals surface area contributed by atoms with E-state index >= 15 is 0 Å². The molecule has 6 atom stereocenters. The third-order valence-electron chi connectivity index (χ3n) is 9.13. The van der Waals surface area contributed by atoms with Crippen LogP contribution in [0.4, 0.5) is 0 Å². The van der Waals surface area contributed by atoms with Gasteiger partial charge in [0, 0.05) is 19.4 Å². The maximum absolute atomic E-state index is 14.0. The van der Waals surface area contributed by atoms with E-state index < -0.39 is 77.7 Å². The monoisotopic (exact) mass is 775 g/mol. The number of nitrogens with one attached hydrogen (secondary N) is 6. The third kappa shape index (κ3) is 17.5. The average molecular weight is 776 g/mol. The summed E-state index contributed by atoms with van der Waals surface area (Å²) in [6.07, 6.45) is 2.58. The van der Waals surface area contributed by atoms with Gasteiger partial charge in [-0.3, -0.25) is 28.8 Å². The standard InChI is InChI=1S/C37H61N9O9/c1-22(2)20-30(37(54)55)46-36(53)29(21-23-11-13-24(47)14-12-23)45-35(52)28-10-7-19-41-31(48)16-15-25(40)32(49)42-26(8-3-5-17-38)33(50)43-27(34(51)44-28)9-4-6-18-39/h11-14,22,25-30,47H,3-10,15-21,38-40H2,1-2H3,(H,41,48)(H,42,49)(H,43,50)(H,44,51)(H,45,52)(H,46,53)(H,54,55)/t25-,26-,27-,28-,29-,30-/m0/s1. The first-order valence-electron chi connectivity index (χ1n) is 19.1. The van der Waals surface area contributed by atoms with Crippen LogP contribution in [0, 0.1) is 5.92 Å². The molecule has 55 heavy (non-hydrogen) atoms. The minimum Gasteiger partial charge on any atom is -0.508 e. The van der Waals surface area contributed by atoms with E-state index in [-0.39, 0.29) is 69.6 Å². The Kier molecular flexibility index (Phi) is 20.7. The van der Waals surface area contributed by atoms with E-state index in [1.807, 2.05) is 0 Å². The molecule has 1 aromatic carbocycles. The van der Waals surface area contributed by atoms with Gasteiger partial charge in [0.1, 0.15) is 36.0 Å². The largest absolute Gasteiger partial charge is 0.508 e. The van der Waals surface area contributed by atoms with Gasteiger partial charge in [-0.1, -0.05) is 26.0 Å². The van der Waals surface area contributed by atoms with Crippen LogP contribution in [0.3, 0.4) is 0 Å². The Labute approximate surface area is 322 Å². The second kappa shape index (κ2) is 24.6. The zero-order valence-electron chi connectivity index (χ0n) is 31.9. The average Bonchev–Trinajstić information content (AvgIpc) is 3.13. The number of hydrogen-bond donors (Lipinski definition) is 11. The van der Waals surface area contributed by atoms with E-state index in [0.717, 1.165) is 0 Å².